The lowest BCUT2D eigenvalue weighted by molar-refractivity contribution is -0.320. The van der Waals surface area contributed by atoms with Crippen LogP contribution in [-0.2, 0) is 24.4 Å². The molecule has 198 valence electrons. The molecule has 5 rings (SSSR count). The Morgan fingerprint density at radius 3 is 2.57 bits per heavy atom. The average Bonchev–Trinajstić information content (AvgIpc) is 3.10. The Labute approximate surface area is 208 Å². The second kappa shape index (κ2) is 8.13. The summed E-state index contributed by atoms with van der Waals surface area (Å²) in [7, 11) is -2.03. The molecule has 2 heterocycles. The van der Waals surface area contributed by atoms with E-state index < -0.39 is 33.2 Å². The number of carbonyl (C=O) groups is 1. The van der Waals surface area contributed by atoms with Gasteiger partial charge in [-0.2, -0.15) is 0 Å². The number of ether oxygens (including phenoxy) is 1. The fourth-order valence-electron chi connectivity index (χ4n) is 8.85. The van der Waals surface area contributed by atoms with Gasteiger partial charge >= 0.3 is 0 Å². The van der Waals surface area contributed by atoms with E-state index in [0.29, 0.717) is 31.0 Å². The Bertz CT molecular complexity index is 1030. The highest BCUT2D eigenvalue weighted by atomic mass is 32.2. The summed E-state index contributed by atoms with van der Waals surface area (Å²) in [6.07, 6.45) is 4.03. The van der Waals surface area contributed by atoms with Crippen molar-refractivity contribution in [3.63, 3.8) is 0 Å². The van der Waals surface area contributed by atoms with E-state index >= 15 is 0 Å². The lowest BCUT2D eigenvalue weighted by Crippen LogP contribution is -2.75. The van der Waals surface area contributed by atoms with Crippen LogP contribution >= 0.6 is 0 Å². The lowest BCUT2D eigenvalue weighted by atomic mass is 9.41. The number of oxime groups is 1. The predicted octanol–water partition coefficient (Wildman–Crippen LogP) is 1.66. The highest BCUT2D eigenvalue weighted by Gasteiger charge is 2.71. The summed E-state index contributed by atoms with van der Waals surface area (Å²) in [6, 6.07) is -0.565. The van der Waals surface area contributed by atoms with Crippen LogP contribution < -0.4 is 10.0 Å². The van der Waals surface area contributed by atoms with Crippen LogP contribution in [-0.4, -0.2) is 68.9 Å². The van der Waals surface area contributed by atoms with Crippen molar-refractivity contribution in [1.82, 2.24) is 10.0 Å². The maximum absolute atomic E-state index is 12.6. The molecule has 3 N–H and O–H groups in total. The summed E-state index contributed by atoms with van der Waals surface area (Å²) < 4.78 is 35.1. The second-order valence-corrected chi connectivity index (χ2v) is 14.4. The molecule has 35 heavy (non-hydrogen) atoms. The van der Waals surface area contributed by atoms with E-state index in [9.17, 15) is 18.3 Å². The van der Waals surface area contributed by atoms with Crippen molar-refractivity contribution in [1.29, 1.82) is 0 Å². The number of nitrogens with zero attached hydrogens (tertiary/aromatic N) is 1. The summed E-state index contributed by atoms with van der Waals surface area (Å²) in [6.45, 7) is 9.36. The average molecular weight is 512 g/mol. The van der Waals surface area contributed by atoms with Gasteiger partial charge in [-0.05, 0) is 49.4 Å². The van der Waals surface area contributed by atoms with Crippen LogP contribution in [0.5, 0.6) is 0 Å². The van der Waals surface area contributed by atoms with E-state index in [1.807, 2.05) is 0 Å². The van der Waals surface area contributed by atoms with E-state index in [0.717, 1.165) is 19.3 Å². The first-order valence-electron chi connectivity index (χ1n) is 13.0. The summed E-state index contributed by atoms with van der Waals surface area (Å²) in [5.74, 6) is 0.171. The fourth-order valence-corrected chi connectivity index (χ4v) is 9.56. The maximum Gasteiger partial charge on any atom is 0.223 e. The molecule has 0 aromatic carbocycles. The highest BCUT2D eigenvalue weighted by Crippen LogP contribution is 2.68. The number of carbonyl (C=O) groups excluding carboxylic acids is 1. The fraction of sp³-hybridized carbons (Fsp3) is 0.920. The third-order valence-corrected chi connectivity index (χ3v) is 11.3. The first kappa shape index (κ1) is 25.4. The van der Waals surface area contributed by atoms with Crippen LogP contribution in [0.25, 0.3) is 0 Å². The zero-order chi connectivity index (χ0) is 25.6. The molecule has 1 spiro atoms. The number of hydrogen-bond donors (Lipinski definition) is 3. The predicted molar refractivity (Wildman–Crippen MR) is 131 cm³/mol. The van der Waals surface area contributed by atoms with Crippen LogP contribution in [0.3, 0.4) is 0 Å². The molecule has 1 amide bonds. The summed E-state index contributed by atoms with van der Waals surface area (Å²) in [4.78, 5) is 17.8. The van der Waals surface area contributed by atoms with Gasteiger partial charge in [0.2, 0.25) is 15.9 Å². The first-order valence-corrected chi connectivity index (χ1v) is 14.9. The molecule has 5 aliphatic rings. The summed E-state index contributed by atoms with van der Waals surface area (Å²) in [5.41, 5.74) is -0.685. The van der Waals surface area contributed by atoms with Crippen molar-refractivity contribution >= 4 is 21.6 Å². The lowest BCUT2D eigenvalue weighted by Gasteiger charge is -2.70. The molecule has 0 bridgehead atoms. The van der Waals surface area contributed by atoms with E-state index in [4.69, 9.17) is 9.57 Å². The van der Waals surface area contributed by atoms with E-state index in [2.05, 4.69) is 42.9 Å². The molecule has 10 unspecified atom stereocenters. The van der Waals surface area contributed by atoms with Gasteiger partial charge in [-0.15, -0.1) is 0 Å². The molecule has 5 fully saturated rings. The van der Waals surface area contributed by atoms with Gasteiger partial charge in [-0.25, -0.2) is 13.1 Å². The molecule has 9 nitrogen and oxygen atoms in total. The second-order valence-electron chi connectivity index (χ2n) is 12.6. The van der Waals surface area contributed by atoms with Crippen LogP contribution in [0.1, 0.15) is 59.8 Å². The van der Waals surface area contributed by atoms with Crippen LogP contribution in [0.4, 0.5) is 0 Å². The van der Waals surface area contributed by atoms with E-state index in [-0.39, 0.29) is 41.1 Å². The third kappa shape index (κ3) is 3.61. The van der Waals surface area contributed by atoms with Gasteiger partial charge in [-0.1, -0.05) is 32.9 Å². The van der Waals surface area contributed by atoms with Crippen molar-refractivity contribution in [3.05, 3.63) is 0 Å². The summed E-state index contributed by atoms with van der Waals surface area (Å²) in [5, 5.41) is 18.5. The van der Waals surface area contributed by atoms with Crippen molar-refractivity contribution in [2.45, 2.75) is 83.6 Å². The Kier molecular flexibility index (Phi) is 5.91. The molecule has 10 atom stereocenters. The summed E-state index contributed by atoms with van der Waals surface area (Å²) >= 11 is 0. The van der Waals surface area contributed by atoms with Crippen LogP contribution in [0, 0.1) is 40.4 Å². The van der Waals surface area contributed by atoms with Gasteiger partial charge in [0, 0.05) is 29.7 Å². The van der Waals surface area contributed by atoms with Crippen molar-refractivity contribution in [2.24, 2.45) is 45.6 Å². The molecule has 2 saturated heterocycles. The number of rotatable bonds is 3. The van der Waals surface area contributed by atoms with Gasteiger partial charge in [0.1, 0.15) is 7.11 Å². The maximum atomic E-state index is 12.6. The smallest absolute Gasteiger partial charge is 0.223 e. The quantitative estimate of drug-likeness (QED) is 0.495. The van der Waals surface area contributed by atoms with Crippen LogP contribution in [0.2, 0.25) is 0 Å². The number of aliphatic hydroxyl groups is 1. The van der Waals surface area contributed by atoms with Crippen molar-refractivity contribution in [3.8, 4) is 0 Å². The highest BCUT2D eigenvalue weighted by molar-refractivity contribution is 7.88. The standard InChI is InChI=1S/C25H41N3O6S/c1-13-7-8-19-23(2,3)21(27-33-5)17(28-35(6,31)32)11-25(19)24(13,4)10-15-18(29)9-14-16(20(15)34-25)12-26-22(14)30/h13-20,28-29H,7-12H2,1-6H3,(H,26,30). The van der Waals surface area contributed by atoms with Crippen LogP contribution in [0.15, 0.2) is 5.16 Å². The molecule has 3 aliphatic carbocycles. The van der Waals surface area contributed by atoms with Crippen molar-refractivity contribution in [2.75, 3.05) is 19.9 Å². The molecule has 0 aromatic rings. The minimum absolute atomic E-state index is 0.00519. The number of hydrogen-bond acceptors (Lipinski definition) is 7. The number of amides is 1. The normalized spacial score (nSPS) is 49.9. The Balaban J connectivity index is 1.65. The van der Waals surface area contributed by atoms with Gasteiger partial charge in [0.15, 0.2) is 0 Å². The monoisotopic (exact) mass is 511 g/mol. The van der Waals surface area contributed by atoms with Gasteiger partial charge in [0.05, 0.1) is 35.8 Å². The minimum Gasteiger partial charge on any atom is -0.399 e. The number of sulfonamides is 1. The molecular weight excluding hydrogens is 470 g/mol. The molecular formula is C25H41N3O6S. The number of nitrogens with one attached hydrogen (secondary N) is 2. The number of aliphatic hydroxyl groups excluding tert-OH is 1. The molecule has 2 aliphatic heterocycles. The van der Waals surface area contributed by atoms with Crippen molar-refractivity contribution < 1.29 is 27.9 Å². The SMILES string of the molecule is CON=C1C(NS(C)(=O)=O)CC23OC4C(CC2(C)C(C)CCC3C1(C)C)C(O)CC1C(=O)NCC14. The first-order chi connectivity index (χ1) is 16.2. The Morgan fingerprint density at radius 1 is 1.20 bits per heavy atom. The molecule has 0 aromatic heterocycles. The number of fused-ring (bicyclic) bond motifs is 3. The minimum atomic E-state index is -3.53. The Morgan fingerprint density at radius 2 is 1.91 bits per heavy atom. The molecule has 3 saturated carbocycles. The van der Waals surface area contributed by atoms with Gasteiger partial charge < -0.3 is 20.0 Å². The van der Waals surface area contributed by atoms with Gasteiger partial charge in [-0.3, -0.25) is 4.79 Å². The molecule has 0 radical (unpaired) electrons. The topological polar surface area (TPSA) is 126 Å². The zero-order valence-corrected chi connectivity index (χ0v) is 22.5. The Hall–Kier alpha value is -1.23. The zero-order valence-electron chi connectivity index (χ0n) is 21.7. The van der Waals surface area contributed by atoms with E-state index in [1.54, 1.807) is 0 Å². The van der Waals surface area contributed by atoms with Gasteiger partial charge in [0.25, 0.3) is 0 Å². The largest absolute Gasteiger partial charge is 0.399 e. The van der Waals surface area contributed by atoms with E-state index in [1.165, 1.54) is 13.4 Å². The third-order valence-electron chi connectivity index (χ3n) is 10.6. The molecule has 10 heteroatoms.